The Morgan fingerprint density at radius 3 is 2.65 bits per heavy atom. The number of nitrogens with one attached hydrogen (secondary N) is 1. The van der Waals surface area contributed by atoms with Crippen molar-refractivity contribution in [1.29, 1.82) is 0 Å². The van der Waals surface area contributed by atoms with Gasteiger partial charge in [-0.1, -0.05) is 30.8 Å². The van der Waals surface area contributed by atoms with Crippen molar-refractivity contribution >= 4 is 17.7 Å². The van der Waals surface area contributed by atoms with Crippen LogP contribution in [0.4, 0.5) is 0 Å². The number of hydrogen-bond donors (Lipinski definition) is 1. The maximum atomic E-state index is 12.4. The molecule has 1 aromatic carbocycles. The van der Waals surface area contributed by atoms with Crippen LogP contribution in [0.2, 0.25) is 0 Å². The van der Waals surface area contributed by atoms with Crippen LogP contribution in [-0.2, 0) is 4.79 Å². The lowest BCUT2D eigenvalue weighted by molar-refractivity contribution is -0.119. The van der Waals surface area contributed by atoms with Gasteiger partial charge in [0.15, 0.2) is 5.16 Å². The minimum Gasteiger partial charge on any atom is -0.353 e. The van der Waals surface area contributed by atoms with Gasteiger partial charge >= 0.3 is 0 Å². The van der Waals surface area contributed by atoms with Crippen LogP contribution >= 0.6 is 11.8 Å². The lowest BCUT2D eigenvalue weighted by Gasteiger charge is -2.26. The number of amides is 1. The molecule has 2 aromatic rings. The second kappa shape index (κ2) is 8.25. The monoisotopic (exact) mass is 372 g/mol. The molecule has 1 aromatic heterocycles. The average molecular weight is 373 g/mol. The molecule has 0 bridgehead atoms. The van der Waals surface area contributed by atoms with Gasteiger partial charge in [0.1, 0.15) is 5.82 Å². The molecule has 1 amide bonds. The Bertz CT molecular complexity index is 778. The highest BCUT2D eigenvalue weighted by molar-refractivity contribution is 7.99. The lowest BCUT2D eigenvalue weighted by atomic mass is 9.87. The Morgan fingerprint density at radius 2 is 1.92 bits per heavy atom. The van der Waals surface area contributed by atoms with Crippen LogP contribution in [0.3, 0.4) is 0 Å². The highest BCUT2D eigenvalue weighted by Crippen LogP contribution is 2.26. The molecule has 0 spiro atoms. The van der Waals surface area contributed by atoms with E-state index in [9.17, 15) is 4.79 Å². The molecular formula is C20H28N4OS. The Morgan fingerprint density at radius 1 is 1.19 bits per heavy atom. The molecule has 0 unspecified atom stereocenters. The van der Waals surface area contributed by atoms with Crippen molar-refractivity contribution in [3.05, 3.63) is 35.2 Å². The van der Waals surface area contributed by atoms with Gasteiger partial charge < -0.3 is 5.32 Å². The summed E-state index contributed by atoms with van der Waals surface area (Å²) in [6, 6.07) is 6.68. The highest BCUT2D eigenvalue weighted by atomic mass is 32.2. The van der Waals surface area contributed by atoms with Crippen molar-refractivity contribution in [1.82, 2.24) is 20.1 Å². The normalized spacial score (nSPS) is 20.2. The first-order valence-corrected chi connectivity index (χ1v) is 10.3. The number of aromatic nitrogens is 3. The molecule has 1 aliphatic carbocycles. The molecule has 0 aliphatic heterocycles. The van der Waals surface area contributed by atoms with Gasteiger partial charge in [0.2, 0.25) is 5.91 Å². The Balaban J connectivity index is 1.66. The van der Waals surface area contributed by atoms with Crippen LogP contribution in [0.5, 0.6) is 0 Å². The molecule has 0 atom stereocenters. The number of rotatable bonds is 5. The fourth-order valence-electron chi connectivity index (χ4n) is 3.48. The fourth-order valence-corrected chi connectivity index (χ4v) is 4.28. The number of benzene rings is 1. The van der Waals surface area contributed by atoms with E-state index in [0.29, 0.717) is 11.8 Å². The van der Waals surface area contributed by atoms with Gasteiger partial charge in [0.25, 0.3) is 0 Å². The van der Waals surface area contributed by atoms with Crippen molar-refractivity contribution < 1.29 is 4.79 Å². The first-order valence-electron chi connectivity index (χ1n) is 9.36. The molecule has 0 saturated heterocycles. The predicted molar refractivity (Wildman–Crippen MR) is 106 cm³/mol. The van der Waals surface area contributed by atoms with Gasteiger partial charge in [-0.3, -0.25) is 9.36 Å². The predicted octanol–water partition coefficient (Wildman–Crippen LogP) is 3.98. The third-order valence-electron chi connectivity index (χ3n) is 5.11. The average Bonchev–Trinajstić information content (AvgIpc) is 2.98. The van der Waals surface area contributed by atoms with Crippen molar-refractivity contribution in [3.63, 3.8) is 0 Å². The maximum absolute atomic E-state index is 12.4. The van der Waals surface area contributed by atoms with E-state index in [-0.39, 0.29) is 5.91 Å². The summed E-state index contributed by atoms with van der Waals surface area (Å²) in [5, 5.41) is 12.5. The van der Waals surface area contributed by atoms with Gasteiger partial charge in [0.05, 0.1) is 11.4 Å². The smallest absolute Gasteiger partial charge is 0.230 e. The summed E-state index contributed by atoms with van der Waals surface area (Å²) in [6.07, 6.45) is 4.60. The number of hydrogen-bond acceptors (Lipinski definition) is 4. The summed E-state index contributed by atoms with van der Waals surface area (Å²) in [7, 11) is 0. The quantitative estimate of drug-likeness (QED) is 0.807. The summed E-state index contributed by atoms with van der Waals surface area (Å²) in [5.74, 6) is 2.08. The first kappa shape index (κ1) is 19.0. The van der Waals surface area contributed by atoms with Gasteiger partial charge in [-0.15, -0.1) is 10.2 Å². The van der Waals surface area contributed by atoms with E-state index in [1.54, 1.807) is 0 Å². The van der Waals surface area contributed by atoms with E-state index in [1.165, 1.54) is 35.7 Å². The van der Waals surface area contributed by atoms with Crippen LogP contribution in [0.15, 0.2) is 23.4 Å². The number of aryl methyl sites for hydroxylation is 3. The molecule has 1 saturated carbocycles. The third-order valence-corrected chi connectivity index (χ3v) is 6.04. The highest BCUT2D eigenvalue weighted by Gasteiger charge is 2.20. The Kier molecular flexibility index (Phi) is 6.01. The van der Waals surface area contributed by atoms with Gasteiger partial charge in [-0.05, 0) is 69.6 Å². The van der Waals surface area contributed by atoms with Gasteiger partial charge in [-0.2, -0.15) is 0 Å². The van der Waals surface area contributed by atoms with Crippen LogP contribution in [-0.4, -0.2) is 32.5 Å². The molecule has 3 rings (SSSR count). The fraction of sp³-hybridized carbons (Fsp3) is 0.550. The zero-order valence-electron chi connectivity index (χ0n) is 16.1. The van der Waals surface area contributed by atoms with Crippen molar-refractivity contribution in [3.8, 4) is 5.69 Å². The van der Waals surface area contributed by atoms with Crippen molar-refractivity contribution in [2.24, 2.45) is 5.92 Å². The van der Waals surface area contributed by atoms with E-state index in [0.717, 1.165) is 35.4 Å². The molecular weight excluding hydrogens is 344 g/mol. The van der Waals surface area contributed by atoms with Crippen LogP contribution < -0.4 is 5.32 Å². The molecule has 140 valence electrons. The minimum absolute atomic E-state index is 0.0859. The largest absolute Gasteiger partial charge is 0.353 e. The third kappa shape index (κ3) is 4.47. The Labute approximate surface area is 160 Å². The number of thioether (sulfide) groups is 1. The summed E-state index contributed by atoms with van der Waals surface area (Å²) in [5.41, 5.74) is 3.44. The standard InChI is InChI=1S/C20H28N4OS/c1-13-6-9-17(10-7-13)21-19(25)12-26-20-23-22-16(4)24(20)18-11-14(2)5-8-15(18)3/h5,8,11,13,17H,6-7,9-10,12H2,1-4H3,(H,21,25). The first-order chi connectivity index (χ1) is 12.4. The number of carbonyl (C=O) groups is 1. The van der Waals surface area contributed by atoms with Crippen LogP contribution in [0.1, 0.15) is 49.6 Å². The SMILES string of the molecule is Cc1ccc(C)c(-n2c(C)nnc2SCC(=O)NC2CCC(C)CC2)c1. The molecule has 26 heavy (non-hydrogen) atoms. The Hall–Kier alpha value is -1.82. The molecule has 6 heteroatoms. The molecule has 0 radical (unpaired) electrons. The molecule has 1 aliphatic rings. The summed E-state index contributed by atoms with van der Waals surface area (Å²) in [4.78, 5) is 12.4. The van der Waals surface area contributed by atoms with E-state index >= 15 is 0 Å². The summed E-state index contributed by atoms with van der Waals surface area (Å²) >= 11 is 1.45. The minimum atomic E-state index is 0.0859. The summed E-state index contributed by atoms with van der Waals surface area (Å²) in [6.45, 7) is 8.39. The van der Waals surface area contributed by atoms with Gasteiger partial charge in [-0.25, -0.2) is 0 Å². The molecule has 1 heterocycles. The zero-order chi connectivity index (χ0) is 18.7. The van der Waals surface area contributed by atoms with Gasteiger partial charge in [0, 0.05) is 6.04 Å². The summed E-state index contributed by atoms with van der Waals surface area (Å²) < 4.78 is 2.04. The lowest BCUT2D eigenvalue weighted by Crippen LogP contribution is -2.38. The second-order valence-electron chi connectivity index (χ2n) is 7.47. The van der Waals surface area contributed by atoms with E-state index in [1.807, 2.05) is 11.5 Å². The van der Waals surface area contributed by atoms with Crippen LogP contribution in [0.25, 0.3) is 5.69 Å². The number of nitrogens with zero attached hydrogens (tertiary/aromatic N) is 3. The van der Waals surface area contributed by atoms with E-state index < -0.39 is 0 Å². The topological polar surface area (TPSA) is 59.8 Å². The van der Waals surface area contributed by atoms with E-state index in [4.69, 9.17) is 0 Å². The molecule has 5 nitrogen and oxygen atoms in total. The molecule has 1 N–H and O–H groups in total. The number of carbonyl (C=O) groups excluding carboxylic acids is 1. The second-order valence-corrected chi connectivity index (χ2v) is 8.41. The maximum Gasteiger partial charge on any atom is 0.230 e. The zero-order valence-corrected chi connectivity index (χ0v) is 16.9. The van der Waals surface area contributed by atoms with E-state index in [2.05, 4.69) is 54.5 Å². The van der Waals surface area contributed by atoms with Crippen molar-refractivity contribution in [2.75, 3.05) is 5.75 Å². The van der Waals surface area contributed by atoms with Crippen LogP contribution in [0, 0.1) is 26.7 Å². The molecule has 1 fully saturated rings. The van der Waals surface area contributed by atoms with Crippen molar-refractivity contribution in [2.45, 2.75) is 64.6 Å².